The molecule has 3 atom stereocenters. The summed E-state index contributed by atoms with van der Waals surface area (Å²) in [5, 5.41) is 15.6. The van der Waals surface area contributed by atoms with Crippen molar-refractivity contribution < 1.29 is 19.1 Å². The van der Waals surface area contributed by atoms with E-state index in [0.717, 1.165) is 5.56 Å². The topological polar surface area (TPSA) is 91.6 Å². The Kier molecular flexibility index (Phi) is 6.14. The molecule has 128 valence electrons. The summed E-state index contributed by atoms with van der Waals surface area (Å²) in [4.78, 5) is 24.0. The second-order valence-electron chi connectivity index (χ2n) is 5.78. The van der Waals surface area contributed by atoms with Gasteiger partial charge in [0.15, 0.2) is 0 Å². The molecular formula is C18H22N2O4. The molecule has 0 saturated heterocycles. The smallest absolute Gasteiger partial charge is 0.255 e. The van der Waals surface area contributed by atoms with Crippen molar-refractivity contribution in [3.05, 3.63) is 60.1 Å². The Balaban J connectivity index is 1.81. The van der Waals surface area contributed by atoms with Gasteiger partial charge in [-0.05, 0) is 31.9 Å². The van der Waals surface area contributed by atoms with Gasteiger partial charge in [0.1, 0.15) is 12.3 Å². The molecule has 0 bridgehead atoms. The molecule has 2 aromatic rings. The van der Waals surface area contributed by atoms with E-state index >= 15 is 0 Å². The largest absolute Gasteiger partial charge is 0.472 e. The van der Waals surface area contributed by atoms with Crippen LogP contribution in [0.15, 0.2) is 53.3 Å². The highest BCUT2D eigenvalue weighted by molar-refractivity contribution is 5.97. The van der Waals surface area contributed by atoms with Gasteiger partial charge in [-0.15, -0.1) is 0 Å². The summed E-state index contributed by atoms with van der Waals surface area (Å²) >= 11 is 0. The van der Waals surface area contributed by atoms with Gasteiger partial charge in [0.05, 0.1) is 17.9 Å². The van der Waals surface area contributed by atoms with Gasteiger partial charge in [0, 0.05) is 6.04 Å². The summed E-state index contributed by atoms with van der Waals surface area (Å²) < 4.78 is 4.84. The predicted molar refractivity (Wildman–Crippen MR) is 89.3 cm³/mol. The Hall–Kier alpha value is -2.60. The van der Waals surface area contributed by atoms with E-state index in [1.54, 1.807) is 6.92 Å². The molecule has 1 heterocycles. The number of aliphatic hydroxyl groups is 1. The molecule has 2 amide bonds. The van der Waals surface area contributed by atoms with E-state index in [1.807, 2.05) is 37.3 Å². The van der Waals surface area contributed by atoms with E-state index in [4.69, 9.17) is 4.42 Å². The fourth-order valence-electron chi connectivity index (χ4n) is 2.31. The first-order valence-electron chi connectivity index (χ1n) is 7.84. The van der Waals surface area contributed by atoms with Gasteiger partial charge < -0.3 is 20.2 Å². The van der Waals surface area contributed by atoms with Crippen LogP contribution in [0.5, 0.6) is 0 Å². The Bertz CT molecular complexity index is 655. The van der Waals surface area contributed by atoms with Crippen LogP contribution in [-0.4, -0.2) is 29.0 Å². The summed E-state index contributed by atoms with van der Waals surface area (Å²) in [5.74, 6) is -0.678. The molecule has 0 aliphatic heterocycles. The van der Waals surface area contributed by atoms with Crippen molar-refractivity contribution in [3.63, 3.8) is 0 Å². The second-order valence-corrected chi connectivity index (χ2v) is 5.78. The summed E-state index contributed by atoms with van der Waals surface area (Å²) in [6.45, 7) is 3.42. The van der Waals surface area contributed by atoms with Crippen LogP contribution in [0.1, 0.15) is 42.3 Å². The highest BCUT2D eigenvalue weighted by Crippen LogP contribution is 2.17. The molecule has 6 nitrogen and oxygen atoms in total. The van der Waals surface area contributed by atoms with Gasteiger partial charge in [-0.3, -0.25) is 9.59 Å². The van der Waals surface area contributed by atoms with Gasteiger partial charge in [0.25, 0.3) is 5.91 Å². The van der Waals surface area contributed by atoms with Gasteiger partial charge >= 0.3 is 0 Å². The Morgan fingerprint density at radius 2 is 1.83 bits per heavy atom. The first kappa shape index (κ1) is 17.7. The van der Waals surface area contributed by atoms with Crippen LogP contribution in [0.4, 0.5) is 0 Å². The fraction of sp³-hybridized carbons (Fsp3) is 0.333. The highest BCUT2D eigenvalue weighted by atomic mass is 16.3. The van der Waals surface area contributed by atoms with Crippen molar-refractivity contribution >= 4 is 11.8 Å². The molecule has 0 spiro atoms. The lowest BCUT2D eigenvalue weighted by Crippen LogP contribution is -2.47. The van der Waals surface area contributed by atoms with Crippen molar-refractivity contribution in [2.45, 2.75) is 38.5 Å². The zero-order chi connectivity index (χ0) is 17.5. The maximum absolute atomic E-state index is 12.1. The van der Waals surface area contributed by atoms with Crippen LogP contribution in [0, 0.1) is 0 Å². The Morgan fingerprint density at radius 3 is 2.46 bits per heavy atom. The van der Waals surface area contributed by atoms with E-state index in [9.17, 15) is 14.7 Å². The van der Waals surface area contributed by atoms with Crippen LogP contribution in [-0.2, 0) is 4.79 Å². The van der Waals surface area contributed by atoms with E-state index < -0.39 is 12.1 Å². The van der Waals surface area contributed by atoms with Crippen molar-refractivity contribution in [3.8, 4) is 0 Å². The zero-order valence-electron chi connectivity index (χ0n) is 13.7. The third-order valence-electron chi connectivity index (χ3n) is 3.67. The van der Waals surface area contributed by atoms with Gasteiger partial charge in [-0.2, -0.15) is 0 Å². The van der Waals surface area contributed by atoms with Gasteiger partial charge in [-0.25, -0.2) is 0 Å². The van der Waals surface area contributed by atoms with Crippen LogP contribution in [0.2, 0.25) is 0 Å². The lowest BCUT2D eigenvalue weighted by molar-refractivity contribution is -0.123. The molecule has 0 aliphatic carbocycles. The number of hydrogen-bond acceptors (Lipinski definition) is 4. The van der Waals surface area contributed by atoms with Crippen LogP contribution in [0.25, 0.3) is 0 Å². The molecule has 6 heteroatoms. The van der Waals surface area contributed by atoms with E-state index in [0.29, 0.717) is 12.0 Å². The molecule has 0 fully saturated rings. The average Bonchev–Trinajstić information content (AvgIpc) is 3.10. The van der Waals surface area contributed by atoms with Crippen molar-refractivity contribution in [1.29, 1.82) is 0 Å². The normalized spacial score (nSPS) is 14.5. The molecule has 3 unspecified atom stereocenters. The number of carbonyl (C=O) groups excluding carboxylic acids is 2. The molecule has 3 N–H and O–H groups in total. The molecule has 24 heavy (non-hydrogen) atoms. The average molecular weight is 330 g/mol. The first-order chi connectivity index (χ1) is 11.5. The maximum Gasteiger partial charge on any atom is 0.255 e. The predicted octanol–water partition coefficient (Wildman–Crippen LogP) is 2.03. The van der Waals surface area contributed by atoms with E-state index in [-0.39, 0.29) is 17.9 Å². The van der Waals surface area contributed by atoms with Gasteiger partial charge in [0.2, 0.25) is 5.91 Å². The molecule has 2 rings (SSSR count). The third kappa shape index (κ3) is 4.96. The lowest BCUT2D eigenvalue weighted by atomic mass is 10.0. The van der Waals surface area contributed by atoms with E-state index in [2.05, 4.69) is 10.6 Å². The zero-order valence-corrected chi connectivity index (χ0v) is 13.7. The standard InChI is InChI=1S/C18H22N2O4/c1-12(10-16(21)14-6-4-3-5-7-14)19-17(22)13(2)20-18(23)15-8-9-24-11-15/h3-9,11-13,16,21H,10H2,1-2H3,(H,19,22)(H,20,23). The number of benzene rings is 1. The summed E-state index contributed by atoms with van der Waals surface area (Å²) in [5.41, 5.74) is 1.17. The summed E-state index contributed by atoms with van der Waals surface area (Å²) in [6.07, 6.45) is 2.45. The SMILES string of the molecule is CC(CC(O)c1ccccc1)NC(=O)C(C)NC(=O)c1ccoc1. The number of nitrogens with one attached hydrogen (secondary N) is 2. The Morgan fingerprint density at radius 1 is 1.12 bits per heavy atom. The molecule has 0 radical (unpaired) electrons. The number of amides is 2. The number of carbonyl (C=O) groups is 2. The number of hydrogen-bond donors (Lipinski definition) is 3. The van der Waals surface area contributed by atoms with Crippen LogP contribution < -0.4 is 10.6 Å². The maximum atomic E-state index is 12.1. The first-order valence-corrected chi connectivity index (χ1v) is 7.84. The minimum atomic E-state index is -0.691. The lowest BCUT2D eigenvalue weighted by Gasteiger charge is -2.21. The van der Waals surface area contributed by atoms with E-state index in [1.165, 1.54) is 18.6 Å². The van der Waals surface area contributed by atoms with Crippen LogP contribution in [0.3, 0.4) is 0 Å². The minimum absolute atomic E-state index is 0.235. The van der Waals surface area contributed by atoms with Gasteiger partial charge in [-0.1, -0.05) is 30.3 Å². The highest BCUT2D eigenvalue weighted by Gasteiger charge is 2.20. The monoisotopic (exact) mass is 330 g/mol. The number of furan rings is 1. The van der Waals surface area contributed by atoms with Crippen molar-refractivity contribution in [2.75, 3.05) is 0 Å². The molecule has 0 saturated carbocycles. The van der Waals surface area contributed by atoms with Crippen molar-refractivity contribution in [2.24, 2.45) is 0 Å². The third-order valence-corrected chi connectivity index (χ3v) is 3.67. The molecular weight excluding hydrogens is 308 g/mol. The quantitative estimate of drug-likeness (QED) is 0.724. The summed E-state index contributed by atoms with van der Waals surface area (Å²) in [7, 11) is 0. The number of aliphatic hydroxyl groups excluding tert-OH is 1. The Labute approximate surface area is 140 Å². The van der Waals surface area contributed by atoms with Crippen molar-refractivity contribution in [1.82, 2.24) is 10.6 Å². The molecule has 1 aromatic carbocycles. The fourth-order valence-corrected chi connectivity index (χ4v) is 2.31. The number of rotatable bonds is 7. The molecule has 0 aliphatic rings. The van der Waals surface area contributed by atoms with Crippen LogP contribution >= 0.6 is 0 Å². The summed E-state index contributed by atoms with van der Waals surface area (Å²) in [6, 6.07) is 9.87. The second kappa shape index (κ2) is 8.31. The molecule has 1 aromatic heterocycles. The minimum Gasteiger partial charge on any atom is -0.472 e.